The van der Waals surface area contributed by atoms with Crippen molar-refractivity contribution in [2.24, 2.45) is 0 Å². The maximum Gasteiger partial charge on any atom is 0.242 e. The van der Waals surface area contributed by atoms with E-state index in [9.17, 15) is 14.7 Å². The third kappa shape index (κ3) is 5.06. The van der Waals surface area contributed by atoms with Gasteiger partial charge in [-0.1, -0.05) is 23.8 Å². The standard InChI is InChI=1S/C19H28N2O3/c1-14-4-5-16(15(2)12-14)6-7-18(23)20(3)13-19(24)21-10-8-17(22)9-11-21/h4-5,12,17,22H,6-11,13H2,1-3H3. The molecule has 1 aromatic rings. The van der Waals surface area contributed by atoms with Gasteiger partial charge in [0.05, 0.1) is 12.6 Å². The van der Waals surface area contributed by atoms with E-state index in [1.807, 2.05) is 0 Å². The zero-order valence-electron chi connectivity index (χ0n) is 14.9. The monoisotopic (exact) mass is 332 g/mol. The second kappa shape index (κ2) is 8.29. The molecule has 1 heterocycles. The molecule has 1 aliphatic heterocycles. The van der Waals surface area contributed by atoms with Crippen LogP contribution in [0.1, 0.15) is 36.0 Å². The van der Waals surface area contributed by atoms with E-state index >= 15 is 0 Å². The summed E-state index contributed by atoms with van der Waals surface area (Å²) >= 11 is 0. The normalized spacial score (nSPS) is 15.4. The van der Waals surface area contributed by atoms with Crippen LogP contribution in [0.2, 0.25) is 0 Å². The summed E-state index contributed by atoms with van der Waals surface area (Å²) in [4.78, 5) is 27.8. The molecule has 24 heavy (non-hydrogen) atoms. The van der Waals surface area contributed by atoms with E-state index in [0.29, 0.717) is 38.8 Å². The van der Waals surface area contributed by atoms with E-state index in [2.05, 4.69) is 32.0 Å². The van der Waals surface area contributed by atoms with Crippen LogP contribution >= 0.6 is 0 Å². The van der Waals surface area contributed by atoms with Crippen molar-refractivity contribution in [1.29, 1.82) is 0 Å². The first kappa shape index (κ1) is 18.5. The van der Waals surface area contributed by atoms with Gasteiger partial charge in [0, 0.05) is 26.6 Å². The molecule has 0 atom stereocenters. The third-order valence-corrected chi connectivity index (χ3v) is 4.72. The minimum Gasteiger partial charge on any atom is -0.393 e. The van der Waals surface area contributed by atoms with Crippen LogP contribution in [0, 0.1) is 13.8 Å². The number of hydrogen-bond donors (Lipinski definition) is 1. The summed E-state index contributed by atoms with van der Waals surface area (Å²) < 4.78 is 0. The van der Waals surface area contributed by atoms with Crippen molar-refractivity contribution in [2.45, 2.75) is 45.6 Å². The number of aliphatic hydroxyl groups excluding tert-OH is 1. The van der Waals surface area contributed by atoms with Crippen LogP contribution in [0.5, 0.6) is 0 Å². The van der Waals surface area contributed by atoms with Crippen LogP contribution in [0.3, 0.4) is 0 Å². The zero-order valence-corrected chi connectivity index (χ0v) is 14.9. The summed E-state index contributed by atoms with van der Waals surface area (Å²) in [5.74, 6) is -0.0513. The Kier molecular flexibility index (Phi) is 6.37. The van der Waals surface area contributed by atoms with Gasteiger partial charge in [-0.15, -0.1) is 0 Å². The van der Waals surface area contributed by atoms with Crippen molar-refractivity contribution in [1.82, 2.24) is 9.80 Å². The molecule has 5 heteroatoms. The SMILES string of the molecule is Cc1ccc(CCC(=O)N(C)CC(=O)N2CCC(O)CC2)c(C)c1. The molecular formula is C19H28N2O3. The highest BCUT2D eigenvalue weighted by Crippen LogP contribution is 2.14. The molecule has 1 fully saturated rings. The molecule has 1 saturated heterocycles. The van der Waals surface area contributed by atoms with Gasteiger partial charge in [-0.05, 0) is 44.2 Å². The van der Waals surface area contributed by atoms with E-state index in [4.69, 9.17) is 0 Å². The summed E-state index contributed by atoms with van der Waals surface area (Å²) in [5, 5.41) is 9.49. The number of aliphatic hydroxyl groups is 1. The molecule has 1 aromatic carbocycles. The summed E-state index contributed by atoms with van der Waals surface area (Å²) in [7, 11) is 1.68. The summed E-state index contributed by atoms with van der Waals surface area (Å²) in [5.41, 5.74) is 3.60. The summed E-state index contributed by atoms with van der Waals surface area (Å²) in [6, 6.07) is 6.25. The van der Waals surface area contributed by atoms with Gasteiger partial charge in [-0.3, -0.25) is 9.59 Å². The van der Waals surface area contributed by atoms with Crippen LogP contribution < -0.4 is 0 Å². The van der Waals surface area contributed by atoms with Crippen LogP contribution in [0.4, 0.5) is 0 Å². The lowest BCUT2D eigenvalue weighted by molar-refractivity contribution is -0.140. The van der Waals surface area contributed by atoms with Crippen molar-refractivity contribution in [3.8, 4) is 0 Å². The number of carbonyl (C=O) groups is 2. The Morgan fingerprint density at radius 2 is 1.92 bits per heavy atom. The Labute approximate surface area is 144 Å². The number of rotatable bonds is 5. The Hall–Kier alpha value is -1.88. The van der Waals surface area contributed by atoms with Gasteiger partial charge in [-0.25, -0.2) is 0 Å². The van der Waals surface area contributed by atoms with E-state index < -0.39 is 0 Å². The first-order valence-electron chi connectivity index (χ1n) is 8.62. The van der Waals surface area contributed by atoms with Crippen molar-refractivity contribution < 1.29 is 14.7 Å². The number of hydrogen-bond acceptors (Lipinski definition) is 3. The Bertz CT molecular complexity index is 592. The number of nitrogens with zero attached hydrogens (tertiary/aromatic N) is 2. The predicted octanol–water partition coefficient (Wildman–Crippen LogP) is 1.68. The number of likely N-dealkylation sites (tertiary alicyclic amines) is 1. The average Bonchev–Trinajstić information content (AvgIpc) is 2.54. The van der Waals surface area contributed by atoms with Crippen LogP contribution in [-0.2, 0) is 16.0 Å². The molecule has 1 aliphatic rings. The Balaban J connectivity index is 1.80. The van der Waals surface area contributed by atoms with Gasteiger partial charge in [0.2, 0.25) is 11.8 Å². The van der Waals surface area contributed by atoms with E-state index in [-0.39, 0.29) is 24.5 Å². The molecule has 5 nitrogen and oxygen atoms in total. The molecule has 0 bridgehead atoms. The minimum absolute atomic E-state index is 0.0135. The van der Waals surface area contributed by atoms with Gasteiger partial charge in [0.15, 0.2) is 0 Å². The Morgan fingerprint density at radius 1 is 1.25 bits per heavy atom. The fraction of sp³-hybridized carbons (Fsp3) is 0.579. The molecule has 2 rings (SSSR count). The molecule has 0 unspecified atom stereocenters. The molecule has 0 spiro atoms. The fourth-order valence-corrected chi connectivity index (χ4v) is 3.07. The zero-order chi connectivity index (χ0) is 17.7. The fourth-order valence-electron chi connectivity index (χ4n) is 3.07. The first-order valence-corrected chi connectivity index (χ1v) is 8.62. The van der Waals surface area contributed by atoms with Crippen molar-refractivity contribution >= 4 is 11.8 Å². The average molecular weight is 332 g/mol. The quantitative estimate of drug-likeness (QED) is 0.892. The van der Waals surface area contributed by atoms with Gasteiger partial charge in [0.1, 0.15) is 0 Å². The maximum absolute atomic E-state index is 12.3. The number of piperidine rings is 1. The highest BCUT2D eigenvalue weighted by Gasteiger charge is 2.23. The largest absolute Gasteiger partial charge is 0.393 e. The lowest BCUT2D eigenvalue weighted by Crippen LogP contribution is -2.45. The topological polar surface area (TPSA) is 60.9 Å². The molecule has 0 aliphatic carbocycles. The second-order valence-electron chi connectivity index (χ2n) is 6.79. The van der Waals surface area contributed by atoms with Crippen molar-refractivity contribution in [3.63, 3.8) is 0 Å². The molecular weight excluding hydrogens is 304 g/mol. The van der Waals surface area contributed by atoms with Crippen LogP contribution in [0.15, 0.2) is 18.2 Å². The number of aryl methyl sites for hydroxylation is 3. The number of amides is 2. The predicted molar refractivity (Wildman–Crippen MR) is 93.7 cm³/mol. The lowest BCUT2D eigenvalue weighted by Gasteiger charge is -2.31. The molecule has 0 aromatic heterocycles. The third-order valence-electron chi connectivity index (χ3n) is 4.72. The summed E-state index contributed by atoms with van der Waals surface area (Å²) in [6.07, 6.45) is 2.05. The highest BCUT2D eigenvalue weighted by molar-refractivity contribution is 5.84. The van der Waals surface area contributed by atoms with Crippen molar-refractivity contribution in [2.75, 3.05) is 26.7 Å². The molecule has 132 valence electrons. The first-order chi connectivity index (χ1) is 11.4. The molecule has 0 saturated carbocycles. The molecule has 2 amide bonds. The van der Waals surface area contributed by atoms with Gasteiger partial charge in [-0.2, -0.15) is 0 Å². The van der Waals surface area contributed by atoms with Crippen LogP contribution in [-0.4, -0.2) is 59.5 Å². The highest BCUT2D eigenvalue weighted by atomic mass is 16.3. The second-order valence-corrected chi connectivity index (χ2v) is 6.79. The van der Waals surface area contributed by atoms with E-state index in [1.54, 1.807) is 11.9 Å². The number of benzene rings is 1. The van der Waals surface area contributed by atoms with E-state index in [0.717, 1.165) is 0 Å². The van der Waals surface area contributed by atoms with Gasteiger partial charge >= 0.3 is 0 Å². The molecule has 1 N–H and O–H groups in total. The number of carbonyl (C=O) groups excluding carboxylic acids is 2. The van der Waals surface area contributed by atoms with Crippen LogP contribution in [0.25, 0.3) is 0 Å². The van der Waals surface area contributed by atoms with Gasteiger partial charge in [0.25, 0.3) is 0 Å². The summed E-state index contributed by atoms with van der Waals surface area (Å²) in [6.45, 7) is 5.38. The van der Waals surface area contributed by atoms with Gasteiger partial charge < -0.3 is 14.9 Å². The van der Waals surface area contributed by atoms with E-state index in [1.165, 1.54) is 21.6 Å². The van der Waals surface area contributed by atoms with Crippen molar-refractivity contribution in [3.05, 3.63) is 34.9 Å². The Morgan fingerprint density at radius 3 is 2.54 bits per heavy atom. The maximum atomic E-state index is 12.3. The smallest absolute Gasteiger partial charge is 0.242 e. The number of likely N-dealkylation sites (N-methyl/N-ethyl adjacent to an activating group) is 1. The molecule has 0 radical (unpaired) electrons. The lowest BCUT2D eigenvalue weighted by atomic mass is 10.0. The minimum atomic E-state index is -0.300.